The smallest absolute Gasteiger partial charge is 0.266 e. The lowest BCUT2D eigenvalue weighted by molar-refractivity contribution is 0.0926. The van der Waals surface area contributed by atoms with Gasteiger partial charge in [-0.1, -0.05) is 0 Å². The highest BCUT2D eigenvalue weighted by atomic mass is 79.9. The second-order valence-corrected chi connectivity index (χ2v) is 5.21. The van der Waals surface area contributed by atoms with Crippen LogP contribution in [0.5, 0.6) is 0 Å². The first kappa shape index (κ1) is 13.8. The topological polar surface area (TPSA) is 37.4 Å². The lowest BCUT2D eigenvalue weighted by Crippen LogP contribution is -2.29. The van der Waals surface area contributed by atoms with Crippen LogP contribution in [0.15, 0.2) is 34.8 Å². The Morgan fingerprint density at radius 3 is 1.81 bits per heavy atom. The maximum atomic E-state index is 13.5. The summed E-state index contributed by atoms with van der Waals surface area (Å²) in [6, 6.07) is 5.00. The van der Waals surface area contributed by atoms with Gasteiger partial charge in [0.1, 0.15) is 5.82 Å². The van der Waals surface area contributed by atoms with Gasteiger partial charge in [0.05, 0.1) is 21.3 Å². The second-order valence-electron chi connectivity index (χ2n) is 4.36. The van der Waals surface area contributed by atoms with Crippen LogP contribution >= 0.6 is 15.9 Å². The summed E-state index contributed by atoms with van der Waals surface area (Å²) in [5.41, 5.74) is -0.507. The van der Waals surface area contributed by atoms with Crippen molar-refractivity contribution in [1.82, 2.24) is 0 Å². The summed E-state index contributed by atoms with van der Waals surface area (Å²) in [6.45, 7) is 0. The number of fused-ring (bicyclic) bond motifs is 1. The second kappa shape index (κ2) is 4.70. The van der Waals surface area contributed by atoms with Gasteiger partial charge in [-0.3, -0.25) is 9.59 Å². The first-order chi connectivity index (χ1) is 9.90. The molecule has 0 fully saturated rings. The van der Waals surface area contributed by atoms with Gasteiger partial charge < -0.3 is 0 Å². The SMILES string of the molecule is O=C1c2cc(F)c(F)cc2C(=O)N1c1ccc(Br)c(F)c1. The Balaban J connectivity index is 2.13. The highest BCUT2D eigenvalue weighted by molar-refractivity contribution is 9.10. The average molecular weight is 356 g/mol. The molecule has 0 aromatic heterocycles. The molecule has 0 unspecified atom stereocenters. The molecule has 0 aliphatic carbocycles. The fraction of sp³-hybridized carbons (Fsp3) is 0. The van der Waals surface area contributed by atoms with E-state index in [-0.39, 0.29) is 21.3 Å². The molecule has 7 heteroatoms. The van der Waals surface area contributed by atoms with Gasteiger partial charge in [0.25, 0.3) is 11.8 Å². The van der Waals surface area contributed by atoms with Crippen molar-refractivity contribution in [3.8, 4) is 0 Å². The van der Waals surface area contributed by atoms with Crippen LogP contribution in [0.1, 0.15) is 20.7 Å². The molecule has 0 saturated heterocycles. The van der Waals surface area contributed by atoms with E-state index in [1.807, 2.05) is 0 Å². The van der Waals surface area contributed by atoms with Crippen LogP contribution in [0.25, 0.3) is 0 Å². The normalized spacial score (nSPS) is 13.8. The summed E-state index contributed by atoms with van der Waals surface area (Å²) in [7, 11) is 0. The maximum absolute atomic E-state index is 13.5. The van der Waals surface area contributed by atoms with E-state index in [1.165, 1.54) is 12.1 Å². The predicted molar refractivity (Wildman–Crippen MR) is 71.6 cm³/mol. The molecular weight excluding hydrogens is 351 g/mol. The lowest BCUT2D eigenvalue weighted by atomic mass is 10.1. The summed E-state index contributed by atoms with van der Waals surface area (Å²) >= 11 is 2.95. The molecule has 0 N–H and O–H groups in total. The summed E-state index contributed by atoms with van der Waals surface area (Å²) in [4.78, 5) is 25.0. The fourth-order valence-electron chi connectivity index (χ4n) is 2.09. The Morgan fingerprint density at radius 2 is 1.33 bits per heavy atom. The number of imide groups is 1. The Morgan fingerprint density at radius 1 is 0.810 bits per heavy atom. The molecule has 2 aromatic rings. The Hall–Kier alpha value is -2.15. The Bertz CT molecular complexity index is 766. The van der Waals surface area contributed by atoms with Gasteiger partial charge in [0.2, 0.25) is 0 Å². The van der Waals surface area contributed by atoms with Gasteiger partial charge in [0, 0.05) is 0 Å². The van der Waals surface area contributed by atoms with Crippen molar-refractivity contribution in [2.24, 2.45) is 0 Å². The lowest BCUT2D eigenvalue weighted by Gasteiger charge is -2.14. The quantitative estimate of drug-likeness (QED) is 0.732. The average Bonchev–Trinajstić information content (AvgIpc) is 2.66. The Kier molecular flexibility index (Phi) is 3.09. The van der Waals surface area contributed by atoms with E-state index in [0.29, 0.717) is 17.0 Å². The first-order valence-electron chi connectivity index (χ1n) is 5.73. The minimum absolute atomic E-state index is 0.0114. The van der Waals surface area contributed by atoms with Gasteiger partial charge in [-0.2, -0.15) is 0 Å². The molecule has 2 amide bonds. The monoisotopic (exact) mass is 355 g/mol. The molecule has 1 heterocycles. The number of carbonyl (C=O) groups is 2. The van der Waals surface area contributed by atoms with E-state index in [0.717, 1.165) is 6.07 Å². The van der Waals surface area contributed by atoms with Crippen LogP contribution in [0.2, 0.25) is 0 Å². The standard InChI is InChI=1S/C14H5BrF3NO2/c15-9-2-1-6(3-10(9)16)19-13(20)7-4-11(17)12(18)5-8(7)14(19)21/h1-5H. The van der Waals surface area contributed by atoms with Crippen molar-refractivity contribution < 1.29 is 22.8 Å². The van der Waals surface area contributed by atoms with Gasteiger partial charge >= 0.3 is 0 Å². The molecule has 21 heavy (non-hydrogen) atoms. The molecule has 0 spiro atoms. The molecule has 0 atom stereocenters. The van der Waals surface area contributed by atoms with E-state index in [1.54, 1.807) is 0 Å². The highest BCUT2D eigenvalue weighted by Crippen LogP contribution is 2.31. The van der Waals surface area contributed by atoms with Crippen LogP contribution in [0.3, 0.4) is 0 Å². The first-order valence-corrected chi connectivity index (χ1v) is 6.52. The number of benzene rings is 2. The molecular formula is C14H5BrF3NO2. The van der Waals surface area contributed by atoms with Crippen LogP contribution < -0.4 is 4.90 Å². The number of hydrogen-bond donors (Lipinski definition) is 0. The predicted octanol–water partition coefficient (Wildman–Crippen LogP) is 3.67. The largest absolute Gasteiger partial charge is 0.268 e. The number of anilines is 1. The highest BCUT2D eigenvalue weighted by Gasteiger charge is 2.38. The molecule has 1 aliphatic heterocycles. The van der Waals surface area contributed by atoms with Crippen LogP contribution in [0.4, 0.5) is 18.9 Å². The molecule has 2 aromatic carbocycles. The zero-order valence-corrected chi connectivity index (χ0v) is 11.7. The summed E-state index contributed by atoms with van der Waals surface area (Å²) in [6.07, 6.45) is 0. The number of nitrogens with zero attached hydrogens (tertiary/aromatic N) is 1. The number of hydrogen-bond acceptors (Lipinski definition) is 2. The van der Waals surface area contributed by atoms with Gasteiger partial charge in [-0.15, -0.1) is 0 Å². The van der Waals surface area contributed by atoms with Gasteiger partial charge in [-0.05, 0) is 46.3 Å². The summed E-state index contributed by atoms with van der Waals surface area (Å²) in [5.74, 6) is -4.76. The third-order valence-electron chi connectivity index (χ3n) is 3.09. The molecule has 106 valence electrons. The van der Waals surface area contributed by atoms with Crippen molar-refractivity contribution in [3.05, 3.63) is 63.4 Å². The minimum Gasteiger partial charge on any atom is -0.268 e. The maximum Gasteiger partial charge on any atom is 0.266 e. The number of halogens is 4. The zero-order chi connectivity index (χ0) is 15.3. The van der Waals surface area contributed by atoms with Crippen LogP contribution in [0, 0.1) is 17.5 Å². The van der Waals surface area contributed by atoms with E-state index >= 15 is 0 Å². The third-order valence-corrected chi connectivity index (χ3v) is 3.73. The van der Waals surface area contributed by atoms with E-state index in [4.69, 9.17) is 0 Å². The van der Waals surface area contributed by atoms with Crippen molar-refractivity contribution in [2.75, 3.05) is 4.90 Å². The van der Waals surface area contributed by atoms with Crippen molar-refractivity contribution in [1.29, 1.82) is 0 Å². The number of amides is 2. The van der Waals surface area contributed by atoms with E-state index in [2.05, 4.69) is 15.9 Å². The number of rotatable bonds is 1. The zero-order valence-electron chi connectivity index (χ0n) is 10.2. The van der Waals surface area contributed by atoms with Crippen molar-refractivity contribution >= 4 is 33.4 Å². The molecule has 0 bridgehead atoms. The van der Waals surface area contributed by atoms with Gasteiger partial charge in [-0.25, -0.2) is 18.1 Å². The fourth-order valence-corrected chi connectivity index (χ4v) is 2.34. The van der Waals surface area contributed by atoms with Crippen LogP contribution in [-0.2, 0) is 0 Å². The van der Waals surface area contributed by atoms with Crippen molar-refractivity contribution in [2.45, 2.75) is 0 Å². The minimum atomic E-state index is -1.22. The van der Waals surface area contributed by atoms with Crippen LogP contribution in [-0.4, -0.2) is 11.8 Å². The third kappa shape index (κ3) is 2.04. The van der Waals surface area contributed by atoms with E-state index < -0.39 is 29.3 Å². The molecule has 3 nitrogen and oxygen atoms in total. The summed E-state index contributed by atoms with van der Waals surface area (Å²) in [5, 5.41) is 0. The van der Waals surface area contributed by atoms with Crippen molar-refractivity contribution in [3.63, 3.8) is 0 Å². The summed E-state index contributed by atoms with van der Waals surface area (Å²) < 4.78 is 40.1. The molecule has 0 radical (unpaired) electrons. The molecule has 0 saturated carbocycles. The Labute approximate surface area is 125 Å². The molecule has 1 aliphatic rings. The molecule has 3 rings (SSSR count). The number of carbonyl (C=O) groups excluding carboxylic acids is 2. The van der Waals surface area contributed by atoms with Gasteiger partial charge in [0.15, 0.2) is 11.6 Å². The van der Waals surface area contributed by atoms with E-state index in [9.17, 15) is 22.8 Å².